The molecule has 2 aromatic carbocycles. The molecule has 3 rings (SSSR count). The molecule has 0 aliphatic rings. The average molecular weight is 382 g/mol. The first-order valence-corrected chi connectivity index (χ1v) is 9.45. The number of aryl methyl sites for hydroxylation is 2. The normalized spacial score (nSPS) is 11.0. The van der Waals surface area contributed by atoms with Crippen LogP contribution in [0.25, 0.3) is 16.9 Å². The lowest BCUT2D eigenvalue weighted by atomic mass is 10.1. The summed E-state index contributed by atoms with van der Waals surface area (Å²) >= 11 is 6.36. The highest BCUT2D eigenvalue weighted by atomic mass is 35.5. The number of nitrogens with zero attached hydrogens (tertiary/aromatic N) is 2. The molecule has 0 bridgehead atoms. The van der Waals surface area contributed by atoms with Gasteiger partial charge < -0.3 is 5.32 Å². The van der Waals surface area contributed by atoms with E-state index in [-0.39, 0.29) is 5.91 Å². The summed E-state index contributed by atoms with van der Waals surface area (Å²) in [4.78, 5) is 12.9. The molecule has 0 fully saturated rings. The molecule has 0 radical (unpaired) electrons. The zero-order valence-corrected chi connectivity index (χ0v) is 16.8. The fourth-order valence-electron chi connectivity index (χ4n) is 2.86. The molecule has 140 valence electrons. The van der Waals surface area contributed by atoms with E-state index in [9.17, 15) is 4.79 Å². The van der Waals surface area contributed by atoms with E-state index in [0.29, 0.717) is 28.9 Å². The maximum Gasteiger partial charge on any atom is 0.270 e. The zero-order valence-electron chi connectivity index (χ0n) is 16.1. The van der Waals surface area contributed by atoms with Crippen LogP contribution in [0.1, 0.15) is 35.5 Å². The minimum Gasteiger partial charge on any atom is -0.350 e. The molecular formula is C22H24ClN3O. The van der Waals surface area contributed by atoms with E-state index < -0.39 is 0 Å². The van der Waals surface area contributed by atoms with Gasteiger partial charge in [0, 0.05) is 12.1 Å². The SMILES string of the molecule is Cc1ccc(C)c(-n2nc(-c3ccccc3Cl)cc2C(=O)NCC(C)C)c1. The number of hydrogen-bond acceptors (Lipinski definition) is 2. The van der Waals surface area contributed by atoms with E-state index in [2.05, 4.69) is 25.2 Å². The smallest absolute Gasteiger partial charge is 0.270 e. The second kappa shape index (κ2) is 7.97. The van der Waals surface area contributed by atoms with Gasteiger partial charge in [0.1, 0.15) is 5.69 Å². The van der Waals surface area contributed by atoms with E-state index in [4.69, 9.17) is 16.7 Å². The number of rotatable bonds is 5. The molecule has 0 aliphatic carbocycles. The Hall–Kier alpha value is -2.59. The van der Waals surface area contributed by atoms with Gasteiger partial charge in [0.2, 0.25) is 0 Å². The van der Waals surface area contributed by atoms with Crippen molar-refractivity contribution < 1.29 is 4.79 Å². The van der Waals surface area contributed by atoms with E-state index in [0.717, 1.165) is 22.4 Å². The summed E-state index contributed by atoms with van der Waals surface area (Å²) in [6.45, 7) is 8.79. The van der Waals surface area contributed by atoms with Crippen molar-refractivity contribution in [3.05, 3.63) is 70.4 Å². The van der Waals surface area contributed by atoms with Crippen LogP contribution in [0.4, 0.5) is 0 Å². The summed E-state index contributed by atoms with van der Waals surface area (Å²) in [6, 6.07) is 15.5. The summed E-state index contributed by atoms with van der Waals surface area (Å²) in [6.07, 6.45) is 0. The Labute approximate surface area is 165 Å². The number of carbonyl (C=O) groups excluding carboxylic acids is 1. The number of amides is 1. The van der Waals surface area contributed by atoms with Crippen molar-refractivity contribution in [2.24, 2.45) is 5.92 Å². The Bertz CT molecular complexity index is 975. The van der Waals surface area contributed by atoms with Crippen LogP contribution in [-0.2, 0) is 0 Å². The molecule has 27 heavy (non-hydrogen) atoms. The number of aromatic nitrogens is 2. The minimum absolute atomic E-state index is 0.143. The molecule has 0 unspecified atom stereocenters. The first-order valence-electron chi connectivity index (χ1n) is 9.07. The van der Waals surface area contributed by atoms with Gasteiger partial charge >= 0.3 is 0 Å². The second-order valence-electron chi connectivity index (χ2n) is 7.20. The largest absolute Gasteiger partial charge is 0.350 e. The standard InChI is InChI=1S/C22H24ClN3O/c1-14(2)13-24-22(27)21-12-19(17-7-5-6-8-18(17)23)25-26(21)20-11-15(3)9-10-16(20)4/h5-12,14H,13H2,1-4H3,(H,24,27). The first kappa shape index (κ1) is 19.2. The highest BCUT2D eigenvalue weighted by molar-refractivity contribution is 6.33. The van der Waals surface area contributed by atoms with E-state index in [1.165, 1.54) is 0 Å². The molecule has 1 N–H and O–H groups in total. The highest BCUT2D eigenvalue weighted by Gasteiger charge is 2.19. The molecule has 4 nitrogen and oxygen atoms in total. The van der Waals surface area contributed by atoms with Gasteiger partial charge in [-0.2, -0.15) is 5.10 Å². The summed E-state index contributed by atoms with van der Waals surface area (Å²) in [5, 5.41) is 8.33. The van der Waals surface area contributed by atoms with E-state index >= 15 is 0 Å². The van der Waals surface area contributed by atoms with Crippen LogP contribution in [0, 0.1) is 19.8 Å². The molecule has 0 atom stereocenters. The molecule has 0 saturated heterocycles. The van der Waals surface area contributed by atoms with Crippen molar-refractivity contribution in [1.82, 2.24) is 15.1 Å². The van der Waals surface area contributed by atoms with Crippen molar-refractivity contribution in [3.8, 4) is 16.9 Å². The molecule has 0 aliphatic heterocycles. The monoisotopic (exact) mass is 381 g/mol. The van der Waals surface area contributed by atoms with Crippen molar-refractivity contribution in [2.75, 3.05) is 6.54 Å². The maximum absolute atomic E-state index is 12.9. The predicted octanol–water partition coefficient (Wildman–Crippen LogP) is 5.20. The molecule has 3 aromatic rings. The number of halogens is 1. The quantitative estimate of drug-likeness (QED) is 0.660. The topological polar surface area (TPSA) is 46.9 Å². The third-order valence-electron chi connectivity index (χ3n) is 4.36. The van der Waals surface area contributed by atoms with Crippen molar-refractivity contribution in [3.63, 3.8) is 0 Å². The molecule has 1 aromatic heterocycles. The van der Waals surface area contributed by atoms with Crippen LogP contribution in [0.2, 0.25) is 5.02 Å². The Kier molecular flexibility index (Phi) is 5.66. The lowest BCUT2D eigenvalue weighted by Crippen LogP contribution is -2.29. The molecule has 1 heterocycles. The van der Waals surface area contributed by atoms with Gasteiger partial charge in [0.25, 0.3) is 5.91 Å². The number of hydrogen-bond donors (Lipinski definition) is 1. The van der Waals surface area contributed by atoms with Crippen molar-refractivity contribution >= 4 is 17.5 Å². The Morgan fingerprint density at radius 1 is 1.15 bits per heavy atom. The third-order valence-corrected chi connectivity index (χ3v) is 4.69. The van der Waals surface area contributed by atoms with Gasteiger partial charge in [-0.1, -0.05) is 55.8 Å². The summed E-state index contributed by atoms with van der Waals surface area (Å²) in [5.74, 6) is 0.226. The molecule has 0 spiro atoms. The molecule has 1 amide bonds. The molecule has 0 saturated carbocycles. The molecular weight excluding hydrogens is 358 g/mol. The van der Waals surface area contributed by atoms with Crippen LogP contribution < -0.4 is 5.32 Å². The highest BCUT2D eigenvalue weighted by Crippen LogP contribution is 2.29. The average Bonchev–Trinajstić information content (AvgIpc) is 3.07. The number of carbonyl (C=O) groups is 1. The minimum atomic E-state index is -0.143. The van der Waals surface area contributed by atoms with Crippen molar-refractivity contribution in [1.29, 1.82) is 0 Å². The Balaban J connectivity index is 2.14. The lowest BCUT2D eigenvalue weighted by molar-refractivity contribution is 0.0941. The Morgan fingerprint density at radius 2 is 1.89 bits per heavy atom. The summed E-state index contributed by atoms with van der Waals surface area (Å²) in [5.41, 5.74) is 5.03. The van der Waals surface area contributed by atoms with E-state index in [1.54, 1.807) is 10.7 Å². The van der Waals surface area contributed by atoms with Gasteiger partial charge in [0.15, 0.2) is 0 Å². The van der Waals surface area contributed by atoms with Crippen LogP contribution >= 0.6 is 11.6 Å². The first-order chi connectivity index (χ1) is 12.9. The second-order valence-corrected chi connectivity index (χ2v) is 7.61. The summed E-state index contributed by atoms with van der Waals surface area (Å²) < 4.78 is 1.72. The summed E-state index contributed by atoms with van der Waals surface area (Å²) in [7, 11) is 0. The third kappa shape index (κ3) is 4.22. The van der Waals surface area contributed by atoms with Gasteiger partial charge in [-0.3, -0.25) is 4.79 Å². The van der Waals surface area contributed by atoms with Gasteiger partial charge in [-0.15, -0.1) is 0 Å². The lowest BCUT2D eigenvalue weighted by Gasteiger charge is -2.12. The van der Waals surface area contributed by atoms with Gasteiger partial charge in [-0.05, 0) is 49.1 Å². The molecule has 5 heteroatoms. The van der Waals surface area contributed by atoms with Crippen LogP contribution in [0.3, 0.4) is 0 Å². The van der Waals surface area contributed by atoms with Crippen LogP contribution in [-0.4, -0.2) is 22.2 Å². The fourth-order valence-corrected chi connectivity index (χ4v) is 3.09. The Morgan fingerprint density at radius 3 is 2.59 bits per heavy atom. The maximum atomic E-state index is 12.9. The van der Waals surface area contributed by atoms with Crippen molar-refractivity contribution in [2.45, 2.75) is 27.7 Å². The van der Waals surface area contributed by atoms with Crippen LogP contribution in [0.5, 0.6) is 0 Å². The number of benzene rings is 2. The van der Waals surface area contributed by atoms with Gasteiger partial charge in [0.05, 0.1) is 16.4 Å². The number of nitrogens with one attached hydrogen (secondary N) is 1. The fraction of sp³-hybridized carbons (Fsp3) is 0.273. The van der Waals surface area contributed by atoms with Crippen LogP contribution in [0.15, 0.2) is 48.5 Å². The van der Waals surface area contributed by atoms with E-state index in [1.807, 2.05) is 50.2 Å². The van der Waals surface area contributed by atoms with Gasteiger partial charge in [-0.25, -0.2) is 4.68 Å². The zero-order chi connectivity index (χ0) is 19.6. The predicted molar refractivity (Wildman–Crippen MR) is 111 cm³/mol.